The van der Waals surface area contributed by atoms with Crippen molar-refractivity contribution in [3.63, 3.8) is 0 Å². The Morgan fingerprint density at radius 1 is 1.00 bits per heavy atom. The maximum absolute atomic E-state index is 13.0. The fraction of sp³-hybridized carbons (Fsp3) is 0.350. The SMILES string of the molecule is C[C@@H]1CN(C(=O)c2ccccc2CS(=O)(=O)c2ccccc2)C[C@H](C)N1. The number of rotatable bonds is 4. The molecule has 2 aromatic carbocycles. The van der Waals surface area contributed by atoms with E-state index in [4.69, 9.17) is 0 Å². The first-order valence-electron chi connectivity index (χ1n) is 8.78. The molecule has 1 N–H and O–H groups in total. The minimum absolute atomic E-state index is 0.107. The highest BCUT2D eigenvalue weighted by atomic mass is 32.2. The molecule has 1 aliphatic rings. The van der Waals surface area contributed by atoms with Crippen LogP contribution in [-0.4, -0.2) is 44.4 Å². The molecule has 0 bridgehead atoms. The van der Waals surface area contributed by atoms with Crippen LogP contribution in [0.2, 0.25) is 0 Å². The summed E-state index contributed by atoms with van der Waals surface area (Å²) in [6.45, 7) is 5.31. The molecule has 0 aliphatic carbocycles. The summed E-state index contributed by atoms with van der Waals surface area (Å²) in [5.74, 6) is -0.292. The van der Waals surface area contributed by atoms with Crippen LogP contribution in [0.15, 0.2) is 59.5 Å². The first-order valence-corrected chi connectivity index (χ1v) is 10.4. The number of carbonyl (C=O) groups is 1. The van der Waals surface area contributed by atoms with Crippen molar-refractivity contribution in [2.75, 3.05) is 13.1 Å². The van der Waals surface area contributed by atoms with Gasteiger partial charge in [0.05, 0.1) is 10.6 Å². The van der Waals surface area contributed by atoms with Gasteiger partial charge in [-0.25, -0.2) is 8.42 Å². The topological polar surface area (TPSA) is 66.5 Å². The number of piperazine rings is 1. The van der Waals surface area contributed by atoms with Gasteiger partial charge in [0.2, 0.25) is 0 Å². The molecule has 2 aromatic rings. The smallest absolute Gasteiger partial charge is 0.254 e. The van der Waals surface area contributed by atoms with E-state index in [0.29, 0.717) is 24.2 Å². The zero-order valence-electron chi connectivity index (χ0n) is 15.1. The summed E-state index contributed by atoms with van der Waals surface area (Å²) in [5, 5.41) is 3.40. The summed E-state index contributed by atoms with van der Waals surface area (Å²) < 4.78 is 25.4. The van der Waals surface area contributed by atoms with E-state index in [1.807, 2.05) is 13.8 Å². The van der Waals surface area contributed by atoms with Crippen molar-refractivity contribution in [1.29, 1.82) is 0 Å². The molecule has 3 rings (SSSR count). The van der Waals surface area contributed by atoms with Gasteiger partial charge in [-0.2, -0.15) is 0 Å². The van der Waals surface area contributed by atoms with Crippen molar-refractivity contribution in [3.05, 3.63) is 65.7 Å². The van der Waals surface area contributed by atoms with Crippen LogP contribution < -0.4 is 5.32 Å². The van der Waals surface area contributed by atoms with Crippen LogP contribution in [0, 0.1) is 0 Å². The van der Waals surface area contributed by atoms with E-state index in [1.54, 1.807) is 59.5 Å². The van der Waals surface area contributed by atoms with Gasteiger partial charge < -0.3 is 10.2 Å². The Bertz CT molecular complexity index is 871. The molecule has 0 unspecified atom stereocenters. The number of carbonyl (C=O) groups excluding carboxylic acids is 1. The lowest BCUT2D eigenvalue weighted by atomic mass is 10.1. The van der Waals surface area contributed by atoms with Crippen LogP contribution in [0.3, 0.4) is 0 Å². The lowest BCUT2D eigenvalue weighted by molar-refractivity contribution is 0.0673. The molecule has 26 heavy (non-hydrogen) atoms. The Morgan fingerprint density at radius 2 is 1.58 bits per heavy atom. The molecule has 0 aromatic heterocycles. The highest BCUT2D eigenvalue weighted by molar-refractivity contribution is 7.90. The van der Waals surface area contributed by atoms with E-state index in [1.165, 1.54) is 0 Å². The molecular weight excluding hydrogens is 348 g/mol. The molecule has 1 heterocycles. The molecular formula is C20H24N2O3S. The van der Waals surface area contributed by atoms with Gasteiger partial charge in [-0.15, -0.1) is 0 Å². The van der Waals surface area contributed by atoms with Gasteiger partial charge in [0, 0.05) is 30.7 Å². The van der Waals surface area contributed by atoms with Crippen LogP contribution in [0.25, 0.3) is 0 Å². The van der Waals surface area contributed by atoms with Crippen molar-refractivity contribution in [3.8, 4) is 0 Å². The fourth-order valence-corrected chi connectivity index (χ4v) is 4.83. The quantitative estimate of drug-likeness (QED) is 0.895. The van der Waals surface area contributed by atoms with Crippen LogP contribution >= 0.6 is 0 Å². The van der Waals surface area contributed by atoms with Crippen molar-refractivity contribution in [2.45, 2.75) is 36.6 Å². The van der Waals surface area contributed by atoms with Gasteiger partial charge in [-0.05, 0) is 37.6 Å². The molecule has 1 amide bonds. The first kappa shape index (κ1) is 18.6. The predicted octanol–water partition coefficient (Wildman–Crippen LogP) is 2.48. The molecule has 0 spiro atoms. The lowest BCUT2D eigenvalue weighted by Gasteiger charge is -2.36. The number of nitrogens with one attached hydrogen (secondary N) is 1. The maximum Gasteiger partial charge on any atom is 0.254 e. The van der Waals surface area contributed by atoms with E-state index >= 15 is 0 Å². The lowest BCUT2D eigenvalue weighted by Crippen LogP contribution is -2.55. The van der Waals surface area contributed by atoms with Crippen molar-refractivity contribution in [2.24, 2.45) is 0 Å². The number of hydrogen-bond donors (Lipinski definition) is 1. The van der Waals surface area contributed by atoms with Gasteiger partial charge in [-0.1, -0.05) is 36.4 Å². The Balaban J connectivity index is 1.88. The minimum atomic E-state index is -3.50. The zero-order valence-corrected chi connectivity index (χ0v) is 15.9. The second-order valence-electron chi connectivity index (χ2n) is 6.91. The third-order valence-corrected chi connectivity index (χ3v) is 6.22. The number of benzene rings is 2. The Morgan fingerprint density at radius 3 is 2.23 bits per heavy atom. The molecule has 1 fully saturated rings. The van der Waals surface area contributed by atoms with Gasteiger partial charge in [0.15, 0.2) is 9.84 Å². The molecule has 0 radical (unpaired) electrons. The Hall–Kier alpha value is -2.18. The third kappa shape index (κ3) is 4.14. The highest BCUT2D eigenvalue weighted by Crippen LogP contribution is 2.21. The average molecular weight is 372 g/mol. The molecule has 1 aliphatic heterocycles. The van der Waals surface area contributed by atoms with E-state index in [2.05, 4.69) is 5.32 Å². The summed E-state index contributed by atoms with van der Waals surface area (Å²) in [4.78, 5) is 15.1. The summed E-state index contributed by atoms with van der Waals surface area (Å²) in [5.41, 5.74) is 1.01. The van der Waals surface area contributed by atoms with Gasteiger partial charge in [0.1, 0.15) is 0 Å². The molecule has 0 saturated carbocycles. The molecule has 138 valence electrons. The van der Waals surface area contributed by atoms with Gasteiger partial charge in [-0.3, -0.25) is 4.79 Å². The molecule has 5 nitrogen and oxygen atoms in total. The predicted molar refractivity (Wildman–Crippen MR) is 102 cm³/mol. The van der Waals surface area contributed by atoms with E-state index < -0.39 is 9.84 Å². The van der Waals surface area contributed by atoms with E-state index in [9.17, 15) is 13.2 Å². The highest BCUT2D eigenvalue weighted by Gasteiger charge is 2.27. The molecule has 2 atom stereocenters. The second kappa shape index (κ2) is 7.60. The van der Waals surface area contributed by atoms with Crippen LogP contribution in [-0.2, 0) is 15.6 Å². The van der Waals surface area contributed by atoms with E-state index in [-0.39, 0.29) is 28.6 Å². The number of nitrogens with zero attached hydrogens (tertiary/aromatic N) is 1. The summed E-state index contributed by atoms with van der Waals surface area (Å²) in [6, 6.07) is 15.8. The number of hydrogen-bond acceptors (Lipinski definition) is 4. The van der Waals surface area contributed by atoms with Crippen LogP contribution in [0.4, 0.5) is 0 Å². The zero-order chi connectivity index (χ0) is 18.7. The normalized spacial score (nSPS) is 20.8. The first-order chi connectivity index (χ1) is 12.4. The monoisotopic (exact) mass is 372 g/mol. The number of amides is 1. The van der Waals surface area contributed by atoms with Crippen LogP contribution in [0.5, 0.6) is 0 Å². The van der Waals surface area contributed by atoms with Crippen molar-refractivity contribution >= 4 is 15.7 Å². The summed E-state index contributed by atoms with van der Waals surface area (Å²) in [7, 11) is -3.50. The second-order valence-corrected chi connectivity index (χ2v) is 8.90. The van der Waals surface area contributed by atoms with Gasteiger partial charge >= 0.3 is 0 Å². The van der Waals surface area contributed by atoms with Crippen molar-refractivity contribution < 1.29 is 13.2 Å². The third-order valence-electron chi connectivity index (χ3n) is 4.54. The average Bonchev–Trinajstić information content (AvgIpc) is 2.61. The molecule has 6 heteroatoms. The summed E-state index contributed by atoms with van der Waals surface area (Å²) in [6.07, 6.45) is 0. The van der Waals surface area contributed by atoms with Crippen molar-refractivity contribution in [1.82, 2.24) is 10.2 Å². The summed E-state index contributed by atoms with van der Waals surface area (Å²) >= 11 is 0. The Kier molecular flexibility index (Phi) is 5.44. The maximum atomic E-state index is 13.0. The minimum Gasteiger partial charge on any atom is -0.336 e. The largest absolute Gasteiger partial charge is 0.336 e. The Labute approximate surface area is 154 Å². The fourth-order valence-electron chi connectivity index (χ4n) is 3.43. The van der Waals surface area contributed by atoms with Crippen LogP contribution in [0.1, 0.15) is 29.8 Å². The van der Waals surface area contributed by atoms with Gasteiger partial charge in [0.25, 0.3) is 5.91 Å². The number of sulfone groups is 1. The standard InChI is InChI=1S/C20H24N2O3S/c1-15-12-22(13-16(2)21-15)20(23)19-11-7-6-8-17(19)14-26(24,25)18-9-4-3-5-10-18/h3-11,15-16,21H,12-14H2,1-2H3/t15-,16+. The molecule has 1 saturated heterocycles. The van der Waals surface area contributed by atoms with E-state index in [0.717, 1.165) is 0 Å².